The molecule has 0 saturated carbocycles. The minimum atomic E-state index is -3.46. The van der Waals surface area contributed by atoms with E-state index in [0.717, 1.165) is 45.6 Å². The predicted molar refractivity (Wildman–Crippen MR) is 248 cm³/mol. The molecule has 0 bridgehead atoms. The number of anilines is 2. The summed E-state index contributed by atoms with van der Waals surface area (Å²) >= 11 is 10.0. The largest absolute Gasteiger partial charge is 0.345 e. The highest BCUT2D eigenvalue weighted by molar-refractivity contribution is 9.08. The van der Waals surface area contributed by atoms with E-state index < -0.39 is 20.0 Å². The van der Waals surface area contributed by atoms with E-state index in [1.165, 1.54) is 16.7 Å². The smallest absolute Gasteiger partial charge is 0.243 e. The molecule has 310 valence electrons. The number of rotatable bonds is 12. The maximum Gasteiger partial charge on any atom is 0.243 e. The molecule has 4 aromatic carbocycles. The lowest BCUT2D eigenvalue weighted by atomic mass is 10.1. The summed E-state index contributed by atoms with van der Waals surface area (Å²) in [6, 6.07) is 32.8. The van der Waals surface area contributed by atoms with Crippen molar-refractivity contribution in [1.82, 2.24) is 18.6 Å². The van der Waals surface area contributed by atoms with Crippen molar-refractivity contribution in [2.75, 3.05) is 62.2 Å². The van der Waals surface area contributed by atoms with Crippen molar-refractivity contribution in [2.45, 2.75) is 40.2 Å². The molecular weight excluding hydrogens is 953 g/mol. The van der Waals surface area contributed by atoms with Gasteiger partial charge in [0.2, 0.25) is 20.0 Å². The number of nitrogens with zero attached hydrogens (tertiary/aromatic N) is 6. The number of benzene rings is 4. The monoisotopic (exact) mass is 996 g/mol. The lowest BCUT2D eigenvalue weighted by Gasteiger charge is -2.33. The molecule has 6 aromatic rings. The Morgan fingerprint density at radius 3 is 1.39 bits per heavy atom. The lowest BCUT2D eigenvalue weighted by molar-refractivity contribution is 0.384. The second kappa shape index (κ2) is 19.9. The van der Waals surface area contributed by atoms with Gasteiger partial charge in [0.05, 0.1) is 21.2 Å². The number of alkyl halides is 2. The van der Waals surface area contributed by atoms with Gasteiger partial charge in [-0.3, -0.25) is 0 Å². The van der Waals surface area contributed by atoms with Crippen LogP contribution < -0.4 is 9.80 Å². The van der Waals surface area contributed by atoms with E-state index in [4.69, 9.17) is 9.97 Å². The molecule has 4 heterocycles. The molecule has 2 fully saturated rings. The van der Waals surface area contributed by atoms with Gasteiger partial charge in [-0.2, -0.15) is 8.61 Å². The molecule has 2 aliphatic rings. The van der Waals surface area contributed by atoms with Crippen LogP contribution in [0.2, 0.25) is 0 Å². The van der Waals surface area contributed by atoms with E-state index in [9.17, 15) is 16.8 Å². The van der Waals surface area contributed by atoms with Crippen molar-refractivity contribution in [3.05, 3.63) is 153 Å². The Labute approximate surface area is 372 Å². The normalized spacial score (nSPS) is 15.5. The van der Waals surface area contributed by atoms with Crippen molar-refractivity contribution in [2.24, 2.45) is 0 Å². The van der Waals surface area contributed by atoms with Crippen LogP contribution in [0.3, 0.4) is 0 Å². The highest BCUT2D eigenvalue weighted by atomic mass is 79.9. The van der Waals surface area contributed by atoms with Crippen LogP contribution in [0.5, 0.6) is 0 Å². The van der Waals surface area contributed by atoms with Gasteiger partial charge in [0, 0.05) is 86.6 Å². The predicted octanol–water partition coefficient (Wildman–Crippen LogP) is 8.59. The Bertz CT molecular complexity index is 2500. The number of aromatic nitrogens is 2. The van der Waals surface area contributed by atoms with Gasteiger partial charge in [0.1, 0.15) is 0 Å². The van der Waals surface area contributed by atoms with Crippen LogP contribution in [-0.4, -0.2) is 87.8 Å². The second-order valence-corrected chi connectivity index (χ2v) is 21.0. The number of halogens is 2. The van der Waals surface area contributed by atoms with Crippen LogP contribution in [0.1, 0.15) is 39.2 Å². The zero-order valence-electron chi connectivity index (χ0n) is 32.7. The van der Waals surface area contributed by atoms with Gasteiger partial charge in [-0.15, -0.1) is 22.7 Å². The summed E-state index contributed by atoms with van der Waals surface area (Å²) in [5.74, 6) is 0. The minimum absolute atomic E-state index is 0.357. The number of piperazine rings is 2. The van der Waals surface area contributed by atoms with Crippen LogP contribution in [0.15, 0.2) is 124 Å². The highest BCUT2D eigenvalue weighted by Crippen LogP contribution is 2.28. The third kappa shape index (κ3) is 10.9. The Kier molecular flexibility index (Phi) is 14.7. The first-order chi connectivity index (χ1) is 28.5. The molecule has 0 radical (unpaired) electrons. The molecule has 0 amide bonds. The highest BCUT2D eigenvalue weighted by Gasteiger charge is 2.31. The first-order valence-corrected chi connectivity index (χ1v) is 26.2. The van der Waals surface area contributed by atoms with Gasteiger partial charge in [0.25, 0.3) is 0 Å². The van der Waals surface area contributed by atoms with Crippen molar-refractivity contribution < 1.29 is 16.8 Å². The van der Waals surface area contributed by atoms with E-state index in [1.54, 1.807) is 55.5 Å². The fourth-order valence-electron chi connectivity index (χ4n) is 6.89. The van der Waals surface area contributed by atoms with Crippen molar-refractivity contribution >= 4 is 84.8 Å². The second-order valence-electron chi connectivity index (χ2n) is 14.3. The fourth-order valence-corrected chi connectivity index (χ4v) is 12.2. The summed E-state index contributed by atoms with van der Waals surface area (Å²) in [6.07, 6.45) is 1.64. The molecule has 2 aliphatic heterocycles. The number of thiazole rings is 2. The first-order valence-electron chi connectivity index (χ1n) is 19.3. The lowest BCUT2D eigenvalue weighted by Crippen LogP contribution is -2.48. The van der Waals surface area contributed by atoms with Gasteiger partial charge in [-0.05, 0) is 59.0 Å². The van der Waals surface area contributed by atoms with Gasteiger partial charge >= 0.3 is 0 Å². The quantitative estimate of drug-likeness (QED) is 0.112. The third-order valence-electron chi connectivity index (χ3n) is 10.4. The van der Waals surface area contributed by atoms with Gasteiger partial charge in [0.15, 0.2) is 10.3 Å². The van der Waals surface area contributed by atoms with E-state index >= 15 is 0 Å². The first kappa shape index (κ1) is 43.6. The molecule has 8 rings (SSSR count). The summed E-state index contributed by atoms with van der Waals surface area (Å²) < 4.78 is 54.9. The van der Waals surface area contributed by atoms with E-state index in [2.05, 4.69) is 95.7 Å². The number of aryl methyl sites for hydroxylation is 1. The van der Waals surface area contributed by atoms with E-state index in [0.29, 0.717) is 72.8 Å². The maximum atomic E-state index is 13.0. The molecule has 0 atom stereocenters. The number of hydrogen-bond acceptors (Lipinski definition) is 10. The van der Waals surface area contributed by atoms with Crippen molar-refractivity contribution in [3.63, 3.8) is 0 Å². The van der Waals surface area contributed by atoms with Crippen LogP contribution in [-0.2, 0) is 43.5 Å². The van der Waals surface area contributed by atoms with Crippen molar-refractivity contribution in [3.8, 4) is 0 Å². The molecule has 10 nitrogen and oxygen atoms in total. The van der Waals surface area contributed by atoms with Crippen LogP contribution in [0, 0.1) is 6.92 Å². The molecule has 16 heteroatoms. The number of hydrogen-bond donors (Lipinski definition) is 0. The summed E-state index contributed by atoms with van der Waals surface area (Å²) in [7, 11) is -6.91. The van der Waals surface area contributed by atoms with Crippen LogP contribution in [0.4, 0.5) is 10.3 Å². The third-order valence-corrected chi connectivity index (χ3v) is 17.4. The molecule has 2 saturated heterocycles. The average molecular weight is 999 g/mol. The maximum absolute atomic E-state index is 13.0. The SMILES string of the molecule is Cc1ccccc1Cc1csc(N2CCN(S(=O)(=O)c3ccc(CBr)cc3)CC2)n1.O=S(=O)(c1ccc(CBr)cc1)N1CCN(c2nc(Cc3ccccc3)cs2)CC1. The van der Waals surface area contributed by atoms with Gasteiger partial charge < -0.3 is 9.80 Å². The molecule has 0 aliphatic carbocycles. The Balaban J connectivity index is 0.000000179. The molecule has 2 aromatic heterocycles. The van der Waals surface area contributed by atoms with Gasteiger partial charge in [-0.1, -0.05) is 111 Å². The molecular formula is C43H46Br2N6O4S4. The summed E-state index contributed by atoms with van der Waals surface area (Å²) in [6.45, 7) is 6.59. The standard InChI is InChI=1S/C22H24BrN3O2S2.C21H22BrN3O2S2/c1-17-4-2-3-5-19(17)14-20-16-29-22(24-20)25-10-12-26(13-11-25)30(27,28)21-8-6-18(15-23)7-9-21;22-15-18-6-8-20(9-7-18)29(26,27)25-12-10-24(11-13-25)21-23-19(16-28-21)14-17-4-2-1-3-5-17/h2-9,16H,10-15H2,1H3;1-9,16H,10-15H2. The Morgan fingerprint density at radius 2 is 0.949 bits per heavy atom. The van der Waals surface area contributed by atoms with Crippen molar-refractivity contribution in [1.29, 1.82) is 0 Å². The summed E-state index contributed by atoms with van der Waals surface area (Å²) in [5, 5.41) is 7.57. The Morgan fingerprint density at radius 1 is 0.525 bits per heavy atom. The van der Waals surface area contributed by atoms with Crippen LogP contribution >= 0.6 is 54.5 Å². The van der Waals surface area contributed by atoms with E-state index in [-0.39, 0.29) is 0 Å². The fraction of sp³-hybridized carbons (Fsp3) is 0.302. The zero-order chi connectivity index (χ0) is 41.4. The zero-order valence-corrected chi connectivity index (χ0v) is 39.1. The topological polar surface area (TPSA) is 107 Å². The minimum Gasteiger partial charge on any atom is -0.345 e. The van der Waals surface area contributed by atoms with Gasteiger partial charge in [-0.25, -0.2) is 26.8 Å². The van der Waals surface area contributed by atoms with E-state index in [1.807, 2.05) is 42.5 Å². The summed E-state index contributed by atoms with van der Waals surface area (Å²) in [5.41, 5.74) is 8.04. The Hall–Kier alpha value is -3.48. The average Bonchev–Trinajstić information content (AvgIpc) is 3.95. The number of sulfonamides is 2. The molecule has 0 N–H and O–H groups in total. The van der Waals surface area contributed by atoms with Crippen LogP contribution in [0.25, 0.3) is 0 Å². The molecule has 0 unspecified atom stereocenters. The summed E-state index contributed by atoms with van der Waals surface area (Å²) in [4.78, 5) is 14.7. The molecule has 59 heavy (non-hydrogen) atoms. The molecule has 0 spiro atoms.